The maximum absolute atomic E-state index is 5.60. The standard InChI is InChI=1S/C16H28N2O/c1-2-3-4-5-6-7-11-17-12-8-15-19-16-9-13-18-14-10-16/h9-10,13-14,17H,2-8,11-12,15H2,1H3. The van der Waals surface area contributed by atoms with Gasteiger partial charge in [0, 0.05) is 12.4 Å². The van der Waals surface area contributed by atoms with E-state index in [0.29, 0.717) is 0 Å². The molecule has 0 fully saturated rings. The lowest BCUT2D eigenvalue weighted by Crippen LogP contribution is -2.18. The van der Waals surface area contributed by atoms with Gasteiger partial charge in [-0.15, -0.1) is 0 Å². The van der Waals surface area contributed by atoms with Crippen molar-refractivity contribution in [2.45, 2.75) is 51.9 Å². The molecule has 0 aliphatic rings. The molecule has 0 aliphatic heterocycles. The lowest BCUT2D eigenvalue weighted by molar-refractivity contribution is 0.307. The highest BCUT2D eigenvalue weighted by Gasteiger charge is 1.93. The highest BCUT2D eigenvalue weighted by Crippen LogP contribution is 2.06. The highest BCUT2D eigenvalue weighted by molar-refractivity contribution is 5.16. The van der Waals surface area contributed by atoms with Crippen molar-refractivity contribution < 1.29 is 4.74 Å². The number of rotatable bonds is 12. The molecule has 1 aromatic heterocycles. The van der Waals surface area contributed by atoms with Crippen LogP contribution in [0.2, 0.25) is 0 Å². The molecule has 0 bridgehead atoms. The van der Waals surface area contributed by atoms with Gasteiger partial charge in [0.2, 0.25) is 0 Å². The SMILES string of the molecule is CCCCCCCCNCCCOc1ccncc1. The molecular formula is C16H28N2O. The van der Waals surface area contributed by atoms with Crippen molar-refractivity contribution in [1.29, 1.82) is 0 Å². The van der Waals surface area contributed by atoms with Crippen LogP contribution in [0.25, 0.3) is 0 Å². The first-order valence-electron chi connectivity index (χ1n) is 7.67. The normalized spacial score (nSPS) is 10.6. The van der Waals surface area contributed by atoms with Gasteiger partial charge in [0.25, 0.3) is 0 Å². The van der Waals surface area contributed by atoms with Gasteiger partial charge in [0.15, 0.2) is 0 Å². The number of nitrogens with zero attached hydrogens (tertiary/aromatic N) is 1. The van der Waals surface area contributed by atoms with E-state index in [0.717, 1.165) is 31.9 Å². The summed E-state index contributed by atoms with van der Waals surface area (Å²) >= 11 is 0. The summed E-state index contributed by atoms with van der Waals surface area (Å²) in [5.74, 6) is 0.908. The van der Waals surface area contributed by atoms with Gasteiger partial charge < -0.3 is 10.1 Å². The minimum absolute atomic E-state index is 0.771. The number of hydrogen-bond acceptors (Lipinski definition) is 3. The smallest absolute Gasteiger partial charge is 0.122 e. The Hall–Kier alpha value is -1.09. The number of pyridine rings is 1. The summed E-state index contributed by atoms with van der Waals surface area (Å²) in [6, 6.07) is 3.79. The molecule has 1 aromatic rings. The molecule has 0 unspecified atom stereocenters. The number of nitrogens with one attached hydrogen (secondary N) is 1. The Morgan fingerprint density at radius 3 is 2.42 bits per heavy atom. The Kier molecular flexibility index (Phi) is 10.1. The third kappa shape index (κ3) is 9.48. The van der Waals surface area contributed by atoms with Crippen molar-refractivity contribution in [3.05, 3.63) is 24.5 Å². The lowest BCUT2D eigenvalue weighted by atomic mass is 10.1. The molecule has 0 saturated carbocycles. The minimum atomic E-state index is 0.771. The van der Waals surface area contributed by atoms with Gasteiger partial charge in [-0.05, 0) is 38.1 Å². The average Bonchev–Trinajstić information content (AvgIpc) is 2.46. The van der Waals surface area contributed by atoms with Crippen molar-refractivity contribution >= 4 is 0 Å². The van der Waals surface area contributed by atoms with Gasteiger partial charge in [-0.1, -0.05) is 39.0 Å². The molecule has 0 spiro atoms. The first kappa shape index (κ1) is 16.0. The third-order valence-corrected chi connectivity index (χ3v) is 3.12. The Bertz CT molecular complexity index is 290. The van der Waals surface area contributed by atoms with Crippen LogP contribution in [0.4, 0.5) is 0 Å². The summed E-state index contributed by atoms with van der Waals surface area (Å²) in [7, 11) is 0. The Morgan fingerprint density at radius 2 is 1.63 bits per heavy atom. The van der Waals surface area contributed by atoms with E-state index in [4.69, 9.17) is 4.74 Å². The predicted molar refractivity (Wildman–Crippen MR) is 80.6 cm³/mol. The van der Waals surface area contributed by atoms with Crippen molar-refractivity contribution in [3.8, 4) is 5.75 Å². The summed E-state index contributed by atoms with van der Waals surface area (Å²) < 4.78 is 5.60. The molecule has 108 valence electrons. The molecule has 3 heteroatoms. The number of unbranched alkanes of at least 4 members (excludes halogenated alkanes) is 5. The van der Waals surface area contributed by atoms with E-state index >= 15 is 0 Å². The van der Waals surface area contributed by atoms with Gasteiger partial charge in [0.1, 0.15) is 5.75 Å². The zero-order valence-corrected chi connectivity index (χ0v) is 12.2. The molecule has 0 atom stereocenters. The largest absolute Gasteiger partial charge is 0.493 e. The molecule has 1 rings (SSSR count). The highest BCUT2D eigenvalue weighted by atomic mass is 16.5. The van der Waals surface area contributed by atoms with Crippen molar-refractivity contribution in [2.24, 2.45) is 0 Å². The molecule has 0 saturated heterocycles. The van der Waals surface area contributed by atoms with Crippen LogP contribution < -0.4 is 10.1 Å². The van der Waals surface area contributed by atoms with Crippen LogP contribution in [0.3, 0.4) is 0 Å². The second-order valence-electron chi connectivity index (χ2n) is 4.90. The van der Waals surface area contributed by atoms with Crippen molar-refractivity contribution in [2.75, 3.05) is 19.7 Å². The fourth-order valence-electron chi connectivity index (χ4n) is 1.98. The first-order chi connectivity index (χ1) is 9.43. The Labute approximate surface area is 117 Å². The number of hydrogen-bond donors (Lipinski definition) is 1. The van der Waals surface area contributed by atoms with Gasteiger partial charge >= 0.3 is 0 Å². The van der Waals surface area contributed by atoms with Crippen molar-refractivity contribution in [1.82, 2.24) is 10.3 Å². The summed E-state index contributed by atoms with van der Waals surface area (Å²) in [6.07, 6.45) is 12.7. The number of ether oxygens (including phenoxy) is 1. The zero-order chi connectivity index (χ0) is 13.6. The fourth-order valence-corrected chi connectivity index (χ4v) is 1.98. The molecule has 0 aromatic carbocycles. The maximum atomic E-state index is 5.60. The quantitative estimate of drug-likeness (QED) is 0.583. The second kappa shape index (κ2) is 12.0. The van der Waals surface area contributed by atoms with E-state index in [1.54, 1.807) is 12.4 Å². The van der Waals surface area contributed by atoms with E-state index in [2.05, 4.69) is 17.2 Å². The molecule has 0 amide bonds. The van der Waals surface area contributed by atoms with Crippen LogP contribution in [0.15, 0.2) is 24.5 Å². The maximum Gasteiger partial charge on any atom is 0.122 e. The Morgan fingerprint density at radius 1 is 0.947 bits per heavy atom. The van der Waals surface area contributed by atoms with Crippen LogP contribution in [0.1, 0.15) is 51.9 Å². The van der Waals surface area contributed by atoms with Crippen LogP contribution in [0.5, 0.6) is 5.75 Å². The Balaban J connectivity index is 1.79. The summed E-state index contributed by atoms with van der Waals surface area (Å²) in [6.45, 7) is 5.21. The zero-order valence-electron chi connectivity index (χ0n) is 12.2. The van der Waals surface area contributed by atoms with Crippen LogP contribution in [0, 0.1) is 0 Å². The fraction of sp³-hybridized carbons (Fsp3) is 0.688. The van der Waals surface area contributed by atoms with E-state index in [1.165, 1.54) is 38.5 Å². The molecule has 19 heavy (non-hydrogen) atoms. The molecule has 1 N–H and O–H groups in total. The predicted octanol–water partition coefficient (Wildman–Crippen LogP) is 3.80. The number of aromatic nitrogens is 1. The van der Waals surface area contributed by atoms with Gasteiger partial charge in [0.05, 0.1) is 6.61 Å². The summed E-state index contributed by atoms with van der Waals surface area (Å²) in [5, 5.41) is 3.47. The van der Waals surface area contributed by atoms with E-state index in [-0.39, 0.29) is 0 Å². The van der Waals surface area contributed by atoms with Gasteiger partial charge in [-0.3, -0.25) is 4.98 Å². The van der Waals surface area contributed by atoms with Crippen LogP contribution >= 0.6 is 0 Å². The first-order valence-corrected chi connectivity index (χ1v) is 7.67. The van der Waals surface area contributed by atoms with Gasteiger partial charge in [-0.25, -0.2) is 0 Å². The van der Waals surface area contributed by atoms with E-state index in [1.807, 2.05) is 12.1 Å². The average molecular weight is 264 g/mol. The van der Waals surface area contributed by atoms with E-state index < -0.39 is 0 Å². The topological polar surface area (TPSA) is 34.1 Å². The minimum Gasteiger partial charge on any atom is -0.493 e. The van der Waals surface area contributed by atoms with Gasteiger partial charge in [-0.2, -0.15) is 0 Å². The van der Waals surface area contributed by atoms with Crippen LogP contribution in [-0.2, 0) is 0 Å². The molecule has 1 heterocycles. The lowest BCUT2D eigenvalue weighted by Gasteiger charge is -2.07. The van der Waals surface area contributed by atoms with Crippen molar-refractivity contribution in [3.63, 3.8) is 0 Å². The molecule has 0 radical (unpaired) electrons. The third-order valence-electron chi connectivity index (χ3n) is 3.12. The summed E-state index contributed by atoms with van der Waals surface area (Å²) in [4.78, 5) is 3.96. The molecule has 0 aliphatic carbocycles. The summed E-state index contributed by atoms with van der Waals surface area (Å²) in [5.41, 5.74) is 0. The molecule has 3 nitrogen and oxygen atoms in total. The van der Waals surface area contributed by atoms with Crippen LogP contribution in [-0.4, -0.2) is 24.7 Å². The molecular weight excluding hydrogens is 236 g/mol. The van der Waals surface area contributed by atoms with E-state index in [9.17, 15) is 0 Å². The second-order valence-corrected chi connectivity index (χ2v) is 4.90. The monoisotopic (exact) mass is 264 g/mol.